The second kappa shape index (κ2) is 9.94. The second-order valence-electron chi connectivity index (χ2n) is 6.87. The number of phenolic OH excluding ortho intramolecular Hbond substituents is 1. The standard InChI is InChI=1S/C26H28O5/c1-6-20(18-12-13-22(28-2)21(27)14-18)25(17-10-8-7-9-11-17)19-15-23(29-3)26(31-5)24(16-19)30-4/h7-16,27H,6H2,1-5H3/b25-20-. The van der Waals surface area contributed by atoms with Crippen LogP contribution < -0.4 is 18.9 Å². The summed E-state index contributed by atoms with van der Waals surface area (Å²) in [6.07, 6.45) is 0.743. The van der Waals surface area contributed by atoms with Gasteiger partial charge in [0, 0.05) is 0 Å². The molecule has 3 aromatic carbocycles. The average Bonchev–Trinajstić information content (AvgIpc) is 2.81. The van der Waals surface area contributed by atoms with Crippen LogP contribution in [0.25, 0.3) is 11.1 Å². The van der Waals surface area contributed by atoms with Gasteiger partial charge in [0.15, 0.2) is 23.0 Å². The first-order valence-corrected chi connectivity index (χ1v) is 10.0. The first-order valence-electron chi connectivity index (χ1n) is 10.0. The van der Waals surface area contributed by atoms with Gasteiger partial charge in [0.1, 0.15) is 0 Å². The summed E-state index contributed by atoms with van der Waals surface area (Å²) in [5, 5.41) is 10.4. The maximum Gasteiger partial charge on any atom is 0.203 e. The molecule has 5 heteroatoms. The largest absolute Gasteiger partial charge is 0.504 e. The Labute approximate surface area is 183 Å². The minimum atomic E-state index is 0.100. The molecule has 31 heavy (non-hydrogen) atoms. The van der Waals surface area contributed by atoms with Crippen molar-refractivity contribution < 1.29 is 24.1 Å². The Kier molecular flexibility index (Phi) is 7.08. The van der Waals surface area contributed by atoms with Crippen LogP contribution in [-0.2, 0) is 0 Å². The summed E-state index contributed by atoms with van der Waals surface area (Å²) >= 11 is 0. The molecule has 0 aliphatic rings. The molecule has 1 N–H and O–H groups in total. The highest BCUT2D eigenvalue weighted by atomic mass is 16.5. The van der Waals surface area contributed by atoms with Crippen LogP contribution in [0, 0.1) is 0 Å². The van der Waals surface area contributed by atoms with Crippen molar-refractivity contribution in [2.24, 2.45) is 0 Å². The molecular formula is C26H28O5. The van der Waals surface area contributed by atoms with E-state index in [0.29, 0.717) is 23.0 Å². The number of allylic oxidation sites excluding steroid dienone is 1. The summed E-state index contributed by atoms with van der Waals surface area (Å²) < 4.78 is 21.9. The molecule has 162 valence electrons. The Balaban J connectivity index is 2.35. The molecule has 0 spiro atoms. The van der Waals surface area contributed by atoms with Crippen molar-refractivity contribution in [2.45, 2.75) is 13.3 Å². The van der Waals surface area contributed by atoms with Crippen LogP contribution in [0.4, 0.5) is 0 Å². The van der Waals surface area contributed by atoms with E-state index in [-0.39, 0.29) is 5.75 Å². The van der Waals surface area contributed by atoms with Crippen molar-refractivity contribution >= 4 is 11.1 Å². The first kappa shape index (κ1) is 22.1. The maximum atomic E-state index is 10.4. The lowest BCUT2D eigenvalue weighted by Gasteiger charge is -2.20. The molecule has 3 aromatic rings. The summed E-state index contributed by atoms with van der Waals surface area (Å²) in [7, 11) is 6.34. The molecule has 0 heterocycles. The number of hydrogen-bond acceptors (Lipinski definition) is 5. The summed E-state index contributed by atoms with van der Waals surface area (Å²) in [5.74, 6) is 2.24. The number of phenols is 1. The molecule has 3 rings (SSSR count). The number of benzene rings is 3. The third-order valence-corrected chi connectivity index (χ3v) is 5.20. The molecule has 0 bridgehead atoms. The molecule has 0 aliphatic heterocycles. The molecule has 0 radical (unpaired) electrons. The van der Waals surface area contributed by atoms with Crippen molar-refractivity contribution in [3.63, 3.8) is 0 Å². The van der Waals surface area contributed by atoms with E-state index >= 15 is 0 Å². The van der Waals surface area contributed by atoms with Gasteiger partial charge in [0.05, 0.1) is 28.4 Å². The van der Waals surface area contributed by atoms with E-state index in [1.807, 2.05) is 36.4 Å². The normalized spacial score (nSPS) is 11.5. The lowest BCUT2D eigenvalue weighted by atomic mass is 9.88. The minimum absolute atomic E-state index is 0.100. The Hall–Kier alpha value is -3.60. The van der Waals surface area contributed by atoms with E-state index in [4.69, 9.17) is 18.9 Å². The summed E-state index contributed by atoms with van der Waals surface area (Å²) in [6.45, 7) is 2.09. The van der Waals surface area contributed by atoms with Crippen LogP contribution in [0.3, 0.4) is 0 Å². The fourth-order valence-corrected chi connectivity index (χ4v) is 3.75. The van der Waals surface area contributed by atoms with Gasteiger partial charge in [-0.1, -0.05) is 43.3 Å². The summed E-state index contributed by atoms with van der Waals surface area (Å²) in [5.41, 5.74) is 4.97. The predicted molar refractivity (Wildman–Crippen MR) is 123 cm³/mol. The Morgan fingerprint density at radius 2 is 1.29 bits per heavy atom. The lowest BCUT2D eigenvalue weighted by Crippen LogP contribution is -2.00. The van der Waals surface area contributed by atoms with Crippen LogP contribution >= 0.6 is 0 Å². The van der Waals surface area contributed by atoms with Gasteiger partial charge < -0.3 is 24.1 Å². The van der Waals surface area contributed by atoms with Gasteiger partial charge in [-0.05, 0) is 58.5 Å². The molecule has 5 nitrogen and oxygen atoms in total. The molecule has 0 aromatic heterocycles. The summed E-state index contributed by atoms with van der Waals surface area (Å²) in [4.78, 5) is 0. The second-order valence-corrected chi connectivity index (χ2v) is 6.87. The smallest absolute Gasteiger partial charge is 0.203 e. The zero-order chi connectivity index (χ0) is 22.4. The van der Waals surface area contributed by atoms with E-state index < -0.39 is 0 Å². The number of methoxy groups -OCH3 is 4. The predicted octanol–water partition coefficient (Wildman–Crippen LogP) is 5.80. The van der Waals surface area contributed by atoms with E-state index in [9.17, 15) is 5.11 Å². The van der Waals surface area contributed by atoms with Crippen molar-refractivity contribution in [3.05, 3.63) is 77.4 Å². The topological polar surface area (TPSA) is 57.2 Å². The molecule has 0 unspecified atom stereocenters. The fraction of sp³-hybridized carbons (Fsp3) is 0.231. The molecule has 0 aliphatic carbocycles. The Morgan fingerprint density at radius 3 is 1.77 bits per heavy atom. The highest BCUT2D eigenvalue weighted by Gasteiger charge is 2.19. The maximum absolute atomic E-state index is 10.4. The van der Waals surface area contributed by atoms with Gasteiger partial charge in [0.25, 0.3) is 0 Å². The highest BCUT2D eigenvalue weighted by molar-refractivity contribution is 5.99. The highest BCUT2D eigenvalue weighted by Crippen LogP contribution is 2.44. The van der Waals surface area contributed by atoms with E-state index in [1.165, 1.54) is 7.11 Å². The van der Waals surface area contributed by atoms with Gasteiger partial charge in [-0.3, -0.25) is 0 Å². The minimum Gasteiger partial charge on any atom is -0.504 e. The zero-order valence-electron chi connectivity index (χ0n) is 18.6. The van der Waals surface area contributed by atoms with Gasteiger partial charge in [-0.25, -0.2) is 0 Å². The monoisotopic (exact) mass is 420 g/mol. The van der Waals surface area contributed by atoms with Crippen LogP contribution in [0.15, 0.2) is 60.7 Å². The van der Waals surface area contributed by atoms with E-state index in [0.717, 1.165) is 34.3 Å². The van der Waals surface area contributed by atoms with Crippen LogP contribution in [0.2, 0.25) is 0 Å². The van der Waals surface area contributed by atoms with Gasteiger partial charge in [-0.15, -0.1) is 0 Å². The number of ether oxygens (including phenoxy) is 4. The van der Waals surface area contributed by atoms with Gasteiger partial charge in [-0.2, -0.15) is 0 Å². The van der Waals surface area contributed by atoms with Crippen LogP contribution in [0.1, 0.15) is 30.0 Å². The molecule has 0 saturated carbocycles. The van der Waals surface area contributed by atoms with Crippen molar-refractivity contribution in [1.82, 2.24) is 0 Å². The first-order chi connectivity index (χ1) is 15.1. The zero-order valence-corrected chi connectivity index (χ0v) is 18.6. The Bertz CT molecular complexity index is 1050. The third-order valence-electron chi connectivity index (χ3n) is 5.20. The van der Waals surface area contributed by atoms with Crippen molar-refractivity contribution in [1.29, 1.82) is 0 Å². The van der Waals surface area contributed by atoms with Gasteiger partial charge in [0.2, 0.25) is 5.75 Å². The van der Waals surface area contributed by atoms with E-state index in [1.54, 1.807) is 33.5 Å². The molecule has 0 amide bonds. The molecule has 0 saturated heterocycles. The molecule has 0 atom stereocenters. The van der Waals surface area contributed by atoms with Gasteiger partial charge >= 0.3 is 0 Å². The molecular weight excluding hydrogens is 392 g/mol. The quantitative estimate of drug-likeness (QED) is 0.467. The SMILES string of the molecule is CC/C(=C(\c1ccccc1)c1cc(OC)c(OC)c(OC)c1)c1ccc(OC)c(O)c1. The summed E-state index contributed by atoms with van der Waals surface area (Å²) in [6, 6.07) is 19.5. The number of rotatable bonds is 8. The van der Waals surface area contributed by atoms with Crippen molar-refractivity contribution in [3.8, 4) is 28.7 Å². The van der Waals surface area contributed by atoms with E-state index in [2.05, 4.69) is 19.1 Å². The van der Waals surface area contributed by atoms with Crippen molar-refractivity contribution in [2.75, 3.05) is 28.4 Å². The number of aromatic hydroxyl groups is 1. The number of hydrogen-bond donors (Lipinski definition) is 1. The molecule has 0 fully saturated rings. The van der Waals surface area contributed by atoms with Crippen LogP contribution in [0.5, 0.6) is 28.7 Å². The van der Waals surface area contributed by atoms with Crippen LogP contribution in [-0.4, -0.2) is 33.5 Å². The Morgan fingerprint density at radius 1 is 0.677 bits per heavy atom. The lowest BCUT2D eigenvalue weighted by molar-refractivity contribution is 0.324. The average molecular weight is 421 g/mol. The fourth-order valence-electron chi connectivity index (χ4n) is 3.75. The third kappa shape index (κ3) is 4.45.